The molecule has 2 aromatic rings. The molecule has 0 aromatic carbocycles. The number of likely N-dealkylation sites (tertiary alicyclic amines) is 1. The van der Waals surface area contributed by atoms with Crippen molar-refractivity contribution in [1.29, 1.82) is 0 Å². The summed E-state index contributed by atoms with van der Waals surface area (Å²) in [4.78, 5) is 18.1. The lowest BCUT2D eigenvalue weighted by Gasteiger charge is -2.55. The van der Waals surface area contributed by atoms with Gasteiger partial charge in [0, 0.05) is 30.7 Å². The molecule has 2 atom stereocenters. The van der Waals surface area contributed by atoms with Crippen LogP contribution in [-0.4, -0.2) is 37.7 Å². The number of fused-ring (bicyclic) bond motifs is 1. The van der Waals surface area contributed by atoms with Gasteiger partial charge in [0.15, 0.2) is 0 Å². The van der Waals surface area contributed by atoms with E-state index >= 15 is 0 Å². The molecule has 2 aromatic heterocycles. The Hall–Kier alpha value is -2.24. The largest absolute Gasteiger partial charge is 0.465 e. The summed E-state index contributed by atoms with van der Waals surface area (Å²) in [5.41, 5.74) is 9.56. The molecule has 0 aliphatic carbocycles. The first-order valence-electron chi connectivity index (χ1n) is 9.58. The number of amides is 1. The monoisotopic (exact) mass is 372 g/mol. The highest BCUT2D eigenvalue weighted by atomic mass is 16.4. The van der Waals surface area contributed by atoms with Crippen molar-refractivity contribution in [3.05, 3.63) is 23.5 Å². The van der Waals surface area contributed by atoms with E-state index in [0.717, 1.165) is 23.0 Å². The van der Waals surface area contributed by atoms with Crippen molar-refractivity contribution in [3.8, 4) is 0 Å². The van der Waals surface area contributed by atoms with Crippen molar-refractivity contribution < 1.29 is 9.90 Å². The second-order valence-electron chi connectivity index (χ2n) is 9.56. The van der Waals surface area contributed by atoms with E-state index in [0.29, 0.717) is 12.2 Å². The van der Waals surface area contributed by atoms with Gasteiger partial charge in [0.25, 0.3) is 0 Å². The number of rotatable bonds is 1. The number of pyridine rings is 1. The number of aryl methyl sites for hydroxylation is 2. The van der Waals surface area contributed by atoms with Gasteiger partial charge in [-0.05, 0) is 55.6 Å². The smallest absolute Gasteiger partial charge is 0.407 e. The third-order valence-corrected chi connectivity index (χ3v) is 6.40. The lowest BCUT2D eigenvalue weighted by molar-refractivity contribution is -0.0304. The van der Waals surface area contributed by atoms with E-state index in [2.05, 4.69) is 50.4 Å². The van der Waals surface area contributed by atoms with Crippen LogP contribution in [0.25, 0.3) is 11.0 Å². The summed E-state index contributed by atoms with van der Waals surface area (Å²) < 4.78 is 2.06. The van der Waals surface area contributed by atoms with E-state index in [1.54, 1.807) is 11.1 Å². The minimum atomic E-state index is -0.840. The number of piperidine rings is 1. The van der Waals surface area contributed by atoms with Gasteiger partial charge in [0.2, 0.25) is 0 Å². The van der Waals surface area contributed by atoms with Gasteiger partial charge in [-0.25, -0.2) is 9.78 Å². The zero-order chi connectivity index (χ0) is 20.3. The Morgan fingerprint density at radius 1 is 1.37 bits per heavy atom. The highest BCUT2D eigenvalue weighted by molar-refractivity contribution is 5.88. The molecule has 1 aliphatic rings. The predicted molar refractivity (Wildman–Crippen MR) is 109 cm³/mol. The molecule has 0 radical (unpaired) electrons. The first-order valence-corrected chi connectivity index (χ1v) is 9.58. The zero-order valence-corrected chi connectivity index (χ0v) is 17.5. The first-order chi connectivity index (χ1) is 12.4. The summed E-state index contributed by atoms with van der Waals surface area (Å²) in [6.45, 7) is 13.3. The fraction of sp³-hybridized carbons (Fsp3) is 0.619. The molecule has 148 valence electrons. The van der Waals surface area contributed by atoms with Crippen LogP contribution >= 0.6 is 0 Å². The molecule has 0 spiro atoms. The summed E-state index contributed by atoms with van der Waals surface area (Å²) >= 11 is 0. The maximum Gasteiger partial charge on any atom is 0.407 e. The lowest BCUT2D eigenvalue weighted by Crippen LogP contribution is -2.60. The van der Waals surface area contributed by atoms with Crippen LogP contribution in [0.3, 0.4) is 0 Å². The molecule has 6 nitrogen and oxygen atoms in total. The summed E-state index contributed by atoms with van der Waals surface area (Å²) in [7, 11) is 2.01. The van der Waals surface area contributed by atoms with Gasteiger partial charge in [-0.15, -0.1) is 0 Å². The minimum absolute atomic E-state index is 0.0634. The predicted octanol–water partition coefficient (Wildman–Crippen LogP) is 4.37. The number of nitrogens with two attached hydrogens (primary N) is 1. The van der Waals surface area contributed by atoms with Crippen molar-refractivity contribution in [3.63, 3.8) is 0 Å². The molecule has 3 N–H and O–H groups in total. The Balaban J connectivity index is 2.23. The number of carboxylic acid groups (broad SMARTS) is 1. The molecule has 1 aliphatic heterocycles. The second kappa shape index (κ2) is 6.14. The molecule has 3 heterocycles. The normalized spacial score (nSPS) is 23.0. The first kappa shape index (κ1) is 19.5. The van der Waals surface area contributed by atoms with E-state index in [1.165, 1.54) is 5.56 Å². The van der Waals surface area contributed by atoms with Crippen molar-refractivity contribution in [2.75, 3.05) is 12.3 Å². The number of nitrogen functional groups attached to an aromatic ring is 1. The average molecular weight is 373 g/mol. The average Bonchev–Trinajstić information content (AvgIpc) is 2.85. The molecule has 1 amide bonds. The van der Waals surface area contributed by atoms with Gasteiger partial charge in [-0.2, -0.15) is 0 Å². The number of hydrogen-bond acceptors (Lipinski definition) is 3. The van der Waals surface area contributed by atoms with Gasteiger partial charge in [-0.3, -0.25) is 0 Å². The van der Waals surface area contributed by atoms with Gasteiger partial charge in [0.1, 0.15) is 5.65 Å². The maximum absolute atomic E-state index is 11.9. The maximum atomic E-state index is 11.9. The van der Waals surface area contributed by atoms with E-state index in [4.69, 9.17) is 5.73 Å². The van der Waals surface area contributed by atoms with E-state index in [-0.39, 0.29) is 17.3 Å². The summed E-state index contributed by atoms with van der Waals surface area (Å²) in [6, 6.07) is 0. The summed E-state index contributed by atoms with van der Waals surface area (Å²) in [5.74, 6) is 0.392. The molecule has 1 fully saturated rings. The fourth-order valence-corrected chi connectivity index (χ4v) is 5.56. The van der Waals surface area contributed by atoms with Gasteiger partial charge >= 0.3 is 6.09 Å². The van der Waals surface area contributed by atoms with Crippen molar-refractivity contribution in [1.82, 2.24) is 14.5 Å². The Bertz CT molecular complexity index is 892. The van der Waals surface area contributed by atoms with Gasteiger partial charge < -0.3 is 20.3 Å². The number of aromatic nitrogens is 2. The van der Waals surface area contributed by atoms with E-state index in [1.807, 2.05) is 14.0 Å². The van der Waals surface area contributed by atoms with Crippen molar-refractivity contribution >= 4 is 22.8 Å². The number of nitrogens with zero attached hydrogens (tertiary/aromatic N) is 3. The van der Waals surface area contributed by atoms with Crippen LogP contribution in [0.15, 0.2) is 12.4 Å². The Morgan fingerprint density at radius 2 is 2.00 bits per heavy atom. The highest BCUT2D eigenvalue weighted by Crippen LogP contribution is 2.52. The molecule has 0 bridgehead atoms. The number of carbonyl (C=O) groups is 1. The van der Waals surface area contributed by atoms with Crippen LogP contribution in [0.1, 0.15) is 58.1 Å². The van der Waals surface area contributed by atoms with Gasteiger partial charge in [0.05, 0.1) is 11.9 Å². The van der Waals surface area contributed by atoms with E-state index in [9.17, 15) is 9.90 Å². The number of hydrogen-bond donors (Lipinski definition) is 2. The quantitative estimate of drug-likeness (QED) is 0.778. The van der Waals surface area contributed by atoms with Crippen LogP contribution in [0.2, 0.25) is 0 Å². The molecule has 3 rings (SSSR count). The molecule has 2 unspecified atom stereocenters. The number of anilines is 1. The SMILES string of the molecule is Cc1c(N)cnc2c1c(C1CCN(C(=O)O)C(C)(C)C1C(C)(C)C)cn2C. The van der Waals surface area contributed by atoms with Crippen LogP contribution in [0, 0.1) is 18.3 Å². The summed E-state index contributed by atoms with van der Waals surface area (Å²) in [6.07, 6.45) is 3.85. The molecular weight excluding hydrogens is 340 g/mol. The second-order valence-corrected chi connectivity index (χ2v) is 9.56. The lowest BCUT2D eigenvalue weighted by atomic mass is 9.59. The van der Waals surface area contributed by atoms with Crippen molar-refractivity contribution in [2.45, 2.75) is 59.4 Å². The van der Waals surface area contributed by atoms with E-state index < -0.39 is 11.6 Å². The standard InChI is InChI=1S/C21H32N4O2/c1-12-15(22)10-23-18-16(12)14(11-24(18)7)13-8-9-25(19(26)27)21(5,6)17(13)20(2,3)4/h10-11,13,17H,8-9,22H2,1-7H3,(H,26,27). The Morgan fingerprint density at radius 3 is 2.56 bits per heavy atom. The molecule has 0 saturated carbocycles. The fourth-order valence-electron chi connectivity index (χ4n) is 5.56. The molecule has 6 heteroatoms. The summed E-state index contributed by atoms with van der Waals surface area (Å²) in [5, 5.41) is 10.9. The molecule has 1 saturated heterocycles. The third kappa shape index (κ3) is 2.95. The molecule has 27 heavy (non-hydrogen) atoms. The Labute approximate surface area is 161 Å². The zero-order valence-electron chi connectivity index (χ0n) is 17.5. The molecular formula is C21H32N4O2. The van der Waals surface area contributed by atoms with Gasteiger partial charge in [-0.1, -0.05) is 20.8 Å². The van der Waals surface area contributed by atoms with Crippen LogP contribution in [-0.2, 0) is 7.05 Å². The van der Waals surface area contributed by atoms with Crippen molar-refractivity contribution in [2.24, 2.45) is 18.4 Å². The third-order valence-electron chi connectivity index (χ3n) is 6.40. The highest BCUT2D eigenvalue weighted by Gasteiger charge is 2.51. The van der Waals surface area contributed by atoms with Crippen LogP contribution in [0.4, 0.5) is 10.5 Å². The minimum Gasteiger partial charge on any atom is -0.465 e. The Kier molecular flexibility index (Phi) is 4.44. The van der Waals surface area contributed by atoms with Crippen LogP contribution in [0.5, 0.6) is 0 Å². The topological polar surface area (TPSA) is 84.4 Å². The van der Waals surface area contributed by atoms with Crippen LogP contribution < -0.4 is 5.73 Å².